The summed E-state index contributed by atoms with van der Waals surface area (Å²) in [4.78, 5) is 15.2. The molecule has 0 atom stereocenters. The van der Waals surface area contributed by atoms with Gasteiger partial charge in [-0.3, -0.25) is 4.79 Å². The van der Waals surface area contributed by atoms with Gasteiger partial charge in [0.1, 0.15) is 5.69 Å². The summed E-state index contributed by atoms with van der Waals surface area (Å²) in [7, 11) is 0. The summed E-state index contributed by atoms with van der Waals surface area (Å²) in [5, 5.41) is 2.89. The Morgan fingerprint density at radius 1 is 1.54 bits per heavy atom. The third-order valence-electron chi connectivity index (χ3n) is 1.59. The summed E-state index contributed by atoms with van der Waals surface area (Å²) < 4.78 is 0. The Labute approximate surface area is 83.0 Å². The highest BCUT2D eigenvalue weighted by molar-refractivity contribution is 7.09. The average Bonchev–Trinajstić information content (AvgIpc) is 2.31. The molecule has 72 valence electrons. The highest BCUT2D eigenvalue weighted by Crippen LogP contribution is 2.22. The SMILES string of the molecule is CC(=O)c1csc(CC(C)(C)C)n1. The van der Waals surface area contributed by atoms with E-state index in [0.29, 0.717) is 5.69 Å². The Balaban J connectivity index is 2.75. The van der Waals surface area contributed by atoms with Crippen LogP contribution in [0.5, 0.6) is 0 Å². The normalized spacial score (nSPS) is 11.7. The second-order valence-electron chi connectivity index (χ2n) is 4.42. The highest BCUT2D eigenvalue weighted by atomic mass is 32.1. The first-order valence-electron chi connectivity index (χ1n) is 4.34. The quantitative estimate of drug-likeness (QED) is 0.682. The predicted octanol–water partition coefficient (Wildman–Crippen LogP) is 2.93. The Morgan fingerprint density at radius 2 is 2.15 bits per heavy atom. The maximum Gasteiger partial charge on any atom is 0.178 e. The van der Waals surface area contributed by atoms with Crippen molar-refractivity contribution in [2.75, 3.05) is 0 Å². The molecule has 0 bridgehead atoms. The number of carbonyl (C=O) groups excluding carboxylic acids is 1. The molecule has 0 aliphatic heterocycles. The first-order valence-corrected chi connectivity index (χ1v) is 5.22. The number of ketones is 1. The van der Waals surface area contributed by atoms with E-state index in [1.54, 1.807) is 18.3 Å². The molecular weight excluding hydrogens is 182 g/mol. The first-order chi connectivity index (χ1) is 5.88. The minimum Gasteiger partial charge on any atom is -0.293 e. The van der Waals surface area contributed by atoms with Crippen LogP contribution in [0.3, 0.4) is 0 Å². The van der Waals surface area contributed by atoms with E-state index in [0.717, 1.165) is 11.4 Å². The van der Waals surface area contributed by atoms with Gasteiger partial charge in [-0.1, -0.05) is 20.8 Å². The lowest BCUT2D eigenvalue weighted by atomic mass is 9.93. The Bertz CT molecular complexity index is 309. The number of nitrogens with zero attached hydrogens (tertiary/aromatic N) is 1. The zero-order valence-corrected chi connectivity index (χ0v) is 9.36. The van der Waals surface area contributed by atoms with Crippen LogP contribution in [0.15, 0.2) is 5.38 Å². The van der Waals surface area contributed by atoms with E-state index < -0.39 is 0 Å². The van der Waals surface area contributed by atoms with Gasteiger partial charge in [-0.25, -0.2) is 4.98 Å². The van der Waals surface area contributed by atoms with Crippen molar-refractivity contribution in [3.63, 3.8) is 0 Å². The van der Waals surface area contributed by atoms with Crippen molar-refractivity contribution in [2.24, 2.45) is 5.41 Å². The fraction of sp³-hybridized carbons (Fsp3) is 0.600. The predicted molar refractivity (Wildman–Crippen MR) is 55.3 cm³/mol. The third-order valence-corrected chi connectivity index (χ3v) is 2.44. The van der Waals surface area contributed by atoms with Gasteiger partial charge in [-0.05, 0) is 5.41 Å². The Kier molecular flexibility index (Phi) is 2.86. The van der Waals surface area contributed by atoms with Gasteiger partial charge >= 0.3 is 0 Å². The second kappa shape index (κ2) is 3.58. The smallest absolute Gasteiger partial charge is 0.178 e. The van der Waals surface area contributed by atoms with Gasteiger partial charge in [-0.2, -0.15) is 0 Å². The van der Waals surface area contributed by atoms with Gasteiger partial charge in [0.25, 0.3) is 0 Å². The lowest BCUT2D eigenvalue weighted by Gasteiger charge is -2.15. The van der Waals surface area contributed by atoms with E-state index in [9.17, 15) is 4.79 Å². The number of carbonyl (C=O) groups is 1. The van der Waals surface area contributed by atoms with Gasteiger partial charge in [0.15, 0.2) is 5.78 Å². The van der Waals surface area contributed by atoms with Crippen molar-refractivity contribution in [3.05, 3.63) is 16.1 Å². The summed E-state index contributed by atoms with van der Waals surface area (Å²) >= 11 is 1.57. The van der Waals surface area contributed by atoms with Crippen LogP contribution >= 0.6 is 11.3 Å². The van der Waals surface area contributed by atoms with Gasteiger partial charge in [0.2, 0.25) is 0 Å². The molecule has 13 heavy (non-hydrogen) atoms. The lowest BCUT2D eigenvalue weighted by Crippen LogP contribution is -2.09. The van der Waals surface area contributed by atoms with E-state index in [2.05, 4.69) is 25.8 Å². The standard InChI is InChI=1S/C10H15NOS/c1-7(12)8-6-13-9(11-8)5-10(2,3)4/h6H,5H2,1-4H3. The number of hydrogen-bond acceptors (Lipinski definition) is 3. The number of Topliss-reactive ketones (excluding diaryl/α,β-unsaturated/α-hetero) is 1. The summed E-state index contributed by atoms with van der Waals surface area (Å²) in [6.07, 6.45) is 0.935. The zero-order valence-electron chi connectivity index (χ0n) is 8.55. The molecule has 1 aromatic rings. The molecule has 0 aliphatic rings. The largest absolute Gasteiger partial charge is 0.293 e. The first kappa shape index (κ1) is 10.4. The van der Waals surface area contributed by atoms with Crippen molar-refractivity contribution in [1.82, 2.24) is 4.98 Å². The molecule has 0 aromatic carbocycles. The third kappa shape index (κ3) is 3.27. The molecule has 1 heterocycles. The molecule has 3 heteroatoms. The number of hydrogen-bond donors (Lipinski definition) is 0. The average molecular weight is 197 g/mol. The molecule has 0 N–H and O–H groups in total. The molecule has 1 aromatic heterocycles. The van der Waals surface area contributed by atoms with Crippen molar-refractivity contribution < 1.29 is 4.79 Å². The molecule has 0 amide bonds. The number of aromatic nitrogens is 1. The molecule has 1 rings (SSSR count). The van der Waals surface area contributed by atoms with E-state index in [4.69, 9.17) is 0 Å². The fourth-order valence-corrected chi connectivity index (χ4v) is 2.14. The van der Waals surface area contributed by atoms with Gasteiger partial charge in [0.05, 0.1) is 5.01 Å². The van der Waals surface area contributed by atoms with E-state index >= 15 is 0 Å². The topological polar surface area (TPSA) is 30.0 Å². The van der Waals surface area contributed by atoms with Crippen molar-refractivity contribution >= 4 is 17.1 Å². The zero-order chi connectivity index (χ0) is 10.1. The molecule has 0 unspecified atom stereocenters. The second-order valence-corrected chi connectivity index (χ2v) is 5.36. The lowest BCUT2D eigenvalue weighted by molar-refractivity contribution is 0.101. The van der Waals surface area contributed by atoms with Crippen LogP contribution in [0.2, 0.25) is 0 Å². The molecule has 0 radical (unpaired) electrons. The van der Waals surface area contributed by atoms with Crippen LogP contribution in [-0.2, 0) is 6.42 Å². The molecular formula is C10H15NOS. The van der Waals surface area contributed by atoms with E-state index in [-0.39, 0.29) is 11.2 Å². The van der Waals surface area contributed by atoms with Crippen LogP contribution in [0.25, 0.3) is 0 Å². The van der Waals surface area contributed by atoms with Gasteiger partial charge < -0.3 is 0 Å². The van der Waals surface area contributed by atoms with Crippen LogP contribution in [0, 0.1) is 5.41 Å². The van der Waals surface area contributed by atoms with Crippen LogP contribution in [0.4, 0.5) is 0 Å². The Hall–Kier alpha value is -0.700. The van der Waals surface area contributed by atoms with E-state index in [1.165, 1.54) is 0 Å². The number of rotatable bonds is 2. The molecule has 0 saturated carbocycles. The van der Waals surface area contributed by atoms with Crippen molar-refractivity contribution in [2.45, 2.75) is 34.1 Å². The van der Waals surface area contributed by atoms with Gasteiger partial charge in [-0.15, -0.1) is 11.3 Å². The highest BCUT2D eigenvalue weighted by Gasteiger charge is 2.14. The fourth-order valence-electron chi connectivity index (χ4n) is 1.01. The van der Waals surface area contributed by atoms with E-state index in [1.807, 2.05) is 5.38 Å². The van der Waals surface area contributed by atoms with Crippen LogP contribution < -0.4 is 0 Å². The summed E-state index contributed by atoms with van der Waals surface area (Å²) in [5.41, 5.74) is 0.843. The number of thiazole rings is 1. The monoisotopic (exact) mass is 197 g/mol. The maximum absolute atomic E-state index is 11.0. The maximum atomic E-state index is 11.0. The summed E-state index contributed by atoms with van der Waals surface area (Å²) in [6.45, 7) is 8.06. The van der Waals surface area contributed by atoms with Gasteiger partial charge in [0, 0.05) is 18.7 Å². The molecule has 0 spiro atoms. The minimum absolute atomic E-state index is 0.0522. The van der Waals surface area contributed by atoms with Crippen molar-refractivity contribution in [1.29, 1.82) is 0 Å². The molecule has 0 fully saturated rings. The summed E-state index contributed by atoms with van der Waals surface area (Å²) in [6, 6.07) is 0. The van der Waals surface area contributed by atoms with Crippen LogP contribution in [0.1, 0.15) is 43.2 Å². The molecule has 0 saturated heterocycles. The minimum atomic E-state index is 0.0522. The Morgan fingerprint density at radius 3 is 2.54 bits per heavy atom. The molecule has 2 nitrogen and oxygen atoms in total. The van der Waals surface area contributed by atoms with Crippen molar-refractivity contribution in [3.8, 4) is 0 Å². The molecule has 0 aliphatic carbocycles. The summed E-state index contributed by atoms with van der Waals surface area (Å²) in [5.74, 6) is 0.0522. The van der Waals surface area contributed by atoms with Crippen LogP contribution in [-0.4, -0.2) is 10.8 Å².